The van der Waals surface area contributed by atoms with E-state index >= 15 is 0 Å². The Bertz CT molecular complexity index is 328. The zero-order chi connectivity index (χ0) is 26.9. The molecule has 0 amide bonds. The summed E-state index contributed by atoms with van der Waals surface area (Å²) in [4.78, 5) is 2.85. The van der Waals surface area contributed by atoms with Crippen molar-refractivity contribution in [3.63, 3.8) is 0 Å². The number of rotatable bonds is 33. The molecule has 0 spiro atoms. The normalized spacial score (nSPS) is 11.4. The fourth-order valence-corrected chi connectivity index (χ4v) is 5.80. The van der Waals surface area contributed by atoms with Gasteiger partial charge in [-0.3, -0.25) is 0 Å². The van der Waals surface area contributed by atoms with Gasteiger partial charge in [0, 0.05) is 0 Å². The first-order valence-electron chi connectivity index (χ1n) is 18.1. The van der Waals surface area contributed by atoms with Crippen molar-refractivity contribution in [2.24, 2.45) is 0 Å². The lowest BCUT2D eigenvalue weighted by molar-refractivity contribution is 0.254. The third-order valence-corrected chi connectivity index (χ3v) is 8.48. The first-order chi connectivity index (χ1) is 18.3. The van der Waals surface area contributed by atoms with Crippen molar-refractivity contribution < 1.29 is 0 Å². The maximum Gasteiger partial charge on any atom is -0.00187 e. The van der Waals surface area contributed by atoms with Crippen LogP contribution in [0.4, 0.5) is 0 Å². The van der Waals surface area contributed by atoms with E-state index in [1.807, 2.05) is 0 Å². The maximum atomic E-state index is 2.85. The van der Waals surface area contributed by atoms with Crippen molar-refractivity contribution in [2.45, 2.75) is 213 Å². The highest BCUT2D eigenvalue weighted by Gasteiger charge is 2.05. The molecule has 0 aromatic rings. The number of hydrogen-bond acceptors (Lipinski definition) is 1. The van der Waals surface area contributed by atoms with Gasteiger partial charge in [-0.05, 0) is 38.9 Å². The highest BCUT2D eigenvalue weighted by atomic mass is 127. The lowest BCUT2D eigenvalue weighted by Crippen LogP contribution is -2.27. The molecular weight excluding hydrogens is 573 g/mol. The molecule has 0 fully saturated rings. The van der Waals surface area contributed by atoms with E-state index in [2.05, 4.69) is 25.7 Å². The molecule has 0 unspecified atom stereocenters. The summed E-state index contributed by atoms with van der Waals surface area (Å²) in [5.74, 6) is 0. The third kappa shape index (κ3) is 34.7. The molecule has 2 heteroatoms. The van der Waals surface area contributed by atoms with Crippen LogP contribution < -0.4 is 0 Å². The van der Waals surface area contributed by atoms with E-state index < -0.39 is 0 Å². The summed E-state index contributed by atoms with van der Waals surface area (Å²) < 4.78 is 0. The molecule has 0 saturated carbocycles. The molecule has 0 atom stereocenters. The van der Waals surface area contributed by atoms with Gasteiger partial charge in [-0.25, -0.2) is 0 Å². The lowest BCUT2D eigenvalue weighted by atomic mass is 10.1. The number of hydrogen-bond donors (Lipinski definition) is 0. The smallest absolute Gasteiger partial charge is 0.00187 e. The topological polar surface area (TPSA) is 3.24 Å². The largest absolute Gasteiger partial charge is 0.303 e. The van der Waals surface area contributed by atoms with Crippen LogP contribution >= 0.6 is 24.0 Å². The van der Waals surface area contributed by atoms with Crippen LogP contribution in [0.25, 0.3) is 0 Å². The Kier molecular flexibility index (Phi) is 40.5. The highest BCUT2D eigenvalue weighted by molar-refractivity contribution is 14.0. The Morgan fingerprint density at radius 1 is 0.237 bits per heavy atom. The van der Waals surface area contributed by atoms with Gasteiger partial charge < -0.3 is 4.90 Å². The number of nitrogens with zero attached hydrogens (tertiary/aromatic N) is 1. The first-order valence-corrected chi connectivity index (χ1v) is 18.1. The summed E-state index contributed by atoms with van der Waals surface area (Å²) in [5.41, 5.74) is 0. The first kappa shape index (κ1) is 40.8. The quantitative estimate of drug-likeness (QED) is 0.0505. The van der Waals surface area contributed by atoms with E-state index in [0.29, 0.717) is 0 Å². The molecule has 0 radical (unpaired) electrons. The molecular formula is C36H76IN. The Labute approximate surface area is 260 Å². The summed E-state index contributed by atoms with van der Waals surface area (Å²) >= 11 is 0. The van der Waals surface area contributed by atoms with E-state index in [0.717, 1.165) is 0 Å². The molecule has 0 saturated heterocycles. The molecule has 0 aliphatic rings. The second-order valence-electron chi connectivity index (χ2n) is 12.4. The molecule has 0 aromatic heterocycles. The molecule has 1 nitrogen and oxygen atoms in total. The van der Waals surface area contributed by atoms with Crippen LogP contribution in [0.5, 0.6) is 0 Å². The van der Waals surface area contributed by atoms with Gasteiger partial charge in [0.05, 0.1) is 0 Å². The predicted octanol–water partition coefficient (Wildman–Crippen LogP) is 13.7. The minimum Gasteiger partial charge on any atom is -0.303 e. The second-order valence-corrected chi connectivity index (χ2v) is 12.4. The molecule has 0 aliphatic carbocycles. The Hall–Kier alpha value is 0.690. The summed E-state index contributed by atoms with van der Waals surface area (Å²) in [5, 5.41) is 0. The minimum absolute atomic E-state index is 0. The average molecular weight is 650 g/mol. The summed E-state index contributed by atoms with van der Waals surface area (Å²) in [6.45, 7) is 11.0. The van der Waals surface area contributed by atoms with Crippen molar-refractivity contribution in [1.82, 2.24) is 4.90 Å². The van der Waals surface area contributed by atoms with Crippen molar-refractivity contribution in [1.29, 1.82) is 0 Å². The van der Waals surface area contributed by atoms with Crippen LogP contribution in [0, 0.1) is 0 Å². The standard InChI is InChI=1S/C36H75N.HI/c1-4-7-10-13-16-19-22-25-28-31-34-37(35-32-29-26-23-20-17-14-11-8-5-2)36-33-30-27-24-21-18-15-12-9-6-3;/h4-36H2,1-3H3;1H. The van der Waals surface area contributed by atoms with Gasteiger partial charge in [0.15, 0.2) is 0 Å². The van der Waals surface area contributed by atoms with E-state index in [9.17, 15) is 0 Å². The van der Waals surface area contributed by atoms with Crippen molar-refractivity contribution in [2.75, 3.05) is 19.6 Å². The van der Waals surface area contributed by atoms with E-state index in [1.54, 1.807) is 0 Å². The average Bonchev–Trinajstić information content (AvgIpc) is 2.91. The number of unbranched alkanes of at least 4 members (excludes halogenated alkanes) is 27. The van der Waals surface area contributed by atoms with Gasteiger partial charge in [0.1, 0.15) is 0 Å². The zero-order valence-corrected chi connectivity index (χ0v) is 29.5. The molecule has 0 bridgehead atoms. The lowest BCUT2D eigenvalue weighted by Gasteiger charge is -2.22. The molecule has 0 rings (SSSR count). The van der Waals surface area contributed by atoms with Crippen LogP contribution in [0.3, 0.4) is 0 Å². The Morgan fingerprint density at radius 3 is 0.579 bits per heavy atom. The molecule has 0 N–H and O–H groups in total. The van der Waals surface area contributed by atoms with Crippen LogP contribution in [0.2, 0.25) is 0 Å². The molecule has 232 valence electrons. The predicted molar refractivity (Wildman–Crippen MR) is 187 cm³/mol. The second kappa shape index (κ2) is 37.7. The van der Waals surface area contributed by atoms with Crippen LogP contribution in [0.1, 0.15) is 213 Å². The van der Waals surface area contributed by atoms with Crippen molar-refractivity contribution in [3.05, 3.63) is 0 Å². The fourth-order valence-electron chi connectivity index (χ4n) is 5.80. The summed E-state index contributed by atoms with van der Waals surface area (Å²) in [7, 11) is 0. The molecule has 38 heavy (non-hydrogen) atoms. The van der Waals surface area contributed by atoms with Gasteiger partial charge in [-0.1, -0.05) is 194 Å². The van der Waals surface area contributed by atoms with Gasteiger partial charge >= 0.3 is 0 Å². The third-order valence-electron chi connectivity index (χ3n) is 8.48. The van der Waals surface area contributed by atoms with Gasteiger partial charge in [0.2, 0.25) is 0 Å². The monoisotopic (exact) mass is 650 g/mol. The highest BCUT2D eigenvalue weighted by Crippen LogP contribution is 2.14. The van der Waals surface area contributed by atoms with Crippen LogP contribution in [-0.4, -0.2) is 24.5 Å². The van der Waals surface area contributed by atoms with Gasteiger partial charge in [-0.15, -0.1) is 24.0 Å². The van der Waals surface area contributed by atoms with Gasteiger partial charge in [-0.2, -0.15) is 0 Å². The van der Waals surface area contributed by atoms with Crippen molar-refractivity contribution >= 4 is 24.0 Å². The molecule has 0 aliphatic heterocycles. The van der Waals surface area contributed by atoms with E-state index in [4.69, 9.17) is 0 Å². The summed E-state index contributed by atoms with van der Waals surface area (Å²) in [6.07, 6.45) is 43.6. The van der Waals surface area contributed by atoms with E-state index in [-0.39, 0.29) is 24.0 Å². The van der Waals surface area contributed by atoms with Crippen LogP contribution in [0.15, 0.2) is 0 Å². The maximum absolute atomic E-state index is 2.85. The molecule has 0 aromatic carbocycles. The van der Waals surface area contributed by atoms with Crippen LogP contribution in [-0.2, 0) is 0 Å². The summed E-state index contributed by atoms with van der Waals surface area (Å²) in [6, 6.07) is 0. The Balaban J connectivity index is 0. The SMILES string of the molecule is CCCCCCCCCCCCN(CCCCCCCCCCCC)CCCCCCCCCCCC.I. The van der Waals surface area contributed by atoms with E-state index in [1.165, 1.54) is 212 Å². The van der Waals surface area contributed by atoms with Crippen molar-refractivity contribution in [3.8, 4) is 0 Å². The van der Waals surface area contributed by atoms with Gasteiger partial charge in [0.25, 0.3) is 0 Å². The zero-order valence-electron chi connectivity index (χ0n) is 27.2. The Morgan fingerprint density at radius 2 is 0.395 bits per heavy atom. The fraction of sp³-hybridized carbons (Fsp3) is 1.00. The molecule has 0 heterocycles. The number of halogens is 1. The minimum atomic E-state index is 0.